The summed E-state index contributed by atoms with van der Waals surface area (Å²) in [6.45, 7) is 4.30. The molecule has 0 spiro atoms. The third-order valence-electron chi connectivity index (χ3n) is 12.6. The molecule has 0 heterocycles. The van der Waals surface area contributed by atoms with Gasteiger partial charge in [-0.1, -0.05) is 251 Å². The highest BCUT2D eigenvalue weighted by atomic mass is 31.2. The molecule has 0 aliphatic heterocycles. The van der Waals surface area contributed by atoms with Gasteiger partial charge < -0.3 is 24.2 Å². The van der Waals surface area contributed by atoms with Crippen molar-refractivity contribution in [3.05, 3.63) is 134 Å². The molecule has 0 bridgehead atoms. The second-order valence-corrected chi connectivity index (χ2v) is 21.6. The van der Waals surface area contributed by atoms with Gasteiger partial charge in [-0.15, -0.1) is 0 Å². The van der Waals surface area contributed by atoms with Crippen LogP contribution in [-0.4, -0.2) is 66.5 Å². The normalized spacial score (nSPS) is 14.2. The van der Waals surface area contributed by atoms with Crippen LogP contribution in [0.1, 0.15) is 239 Å². The topological polar surface area (TPSA) is 155 Å². The number of allylic oxidation sites excluding steroid dienone is 22. The van der Waals surface area contributed by atoms with Crippen LogP contribution in [0.3, 0.4) is 0 Å². The Bertz CT molecular complexity index is 1850. The van der Waals surface area contributed by atoms with E-state index in [1.54, 1.807) is 0 Å². The van der Waals surface area contributed by atoms with E-state index in [-0.39, 0.29) is 25.9 Å². The number of hydrogen-bond acceptors (Lipinski definition) is 10. The number of rotatable bonds is 56. The van der Waals surface area contributed by atoms with E-state index in [0.29, 0.717) is 25.7 Å². The number of phosphoric ester groups is 1. The van der Waals surface area contributed by atoms with Gasteiger partial charge in [0.1, 0.15) is 12.7 Å². The van der Waals surface area contributed by atoms with E-state index in [0.717, 1.165) is 103 Å². The molecule has 0 rings (SSSR count). The highest BCUT2D eigenvalue weighted by Crippen LogP contribution is 2.43. The molecule has 0 aromatic heterocycles. The summed E-state index contributed by atoms with van der Waals surface area (Å²) in [5, 5.41) is 9.84. The van der Waals surface area contributed by atoms with Crippen LogP contribution in [0.15, 0.2) is 134 Å². The molecular formula is C68H111O11P. The van der Waals surface area contributed by atoms with Crippen molar-refractivity contribution in [3.63, 3.8) is 0 Å². The first-order chi connectivity index (χ1) is 39.2. The molecule has 0 fully saturated rings. The van der Waals surface area contributed by atoms with E-state index in [1.807, 2.05) is 12.2 Å². The molecule has 0 aliphatic rings. The van der Waals surface area contributed by atoms with Crippen molar-refractivity contribution in [2.45, 2.75) is 251 Å². The van der Waals surface area contributed by atoms with Gasteiger partial charge in [-0.05, 0) is 103 Å². The lowest BCUT2D eigenvalue weighted by Crippen LogP contribution is -2.30. The quantitative estimate of drug-likeness (QED) is 0.0197. The van der Waals surface area contributed by atoms with Gasteiger partial charge in [0.2, 0.25) is 0 Å². The summed E-state index contributed by atoms with van der Waals surface area (Å²) < 4.78 is 39.5. The Morgan fingerprint density at radius 2 is 0.675 bits per heavy atom. The minimum absolute atomic E-state index is 0.0346. The van der Waals surface area contributed by atoms with Gasteiger partial charge in [0.15, 0.2) is 6.10 Å². The fraction of sp³-hybridized carbons (Fsp3) is 0.632. The lowest BCUT2D eigenvalue weighted by molar-refractivity contribution is -0.161. The first-order valence-corrected chi connectivity index (χ1v) is 32.6. The maximum absolute atomic E-state index is 12.9. The lowest BCUT2D eigenvalue weighted by Gasteiger charge is -2.21. The largest absolute Gasteiger partial charge is 0.472 e. The zero-order valence-electron chi connectivity index (χ0n) is 50.2. The Balaban J connectivity index is 4.85. The van der Waals surface area contributed by atoms with Gasteiger partial charge in [0.05, 0.1) is 19.8 Å². The smallest absolute Gasteiger partial charge is 0.462 e. The molecule has 11 nitrogen and oxygen atoms in total. The van der Waals surface area contributed by atoms with Crippen LogP contribution < -0.4 is 0 Å². The monoisotopic (exact) mass is 1130 g/mol. The predicted molar refractivity (Wildman–Crippen MR) is 334 cm³/mol. The number of unbranched alkanes of at least 4 members (excludes halogenated alkanes) is 17. The fourth-order valence-corrected chi connectivity index (χ4v) is 8.72. The molecule has 80 heavy (non-hydrogen) atoms. The molecule has 2 N–H and O–H groups in total. The average Bonchev–Trinajstić information content (AvgIpc) is 3.45. The van der Waals surface area contributed by atoms with E-state index in [1.165, 1.54) is 70.6 Å². The Hall–Kier alpha value is -4.38. The molecule has 0 aromatic carbocycles. The van der Waals surface area contributed by atoms with Crippen LogP contribution >= 0.6 is 7.82 Å². The number of ether oxygens (including phenoxy) is 3. The van der Waals surface area contributed by atoms with Crippen LogP contribution in [0.4, 0.5) is 0 Å². The fourth-order valence-electron chi connectivity index (χ4n) is 7.94. The molecule has 12 heteroatoms. The second-order valence-electron chi connectivity index (χ2n) is 20.1. The number of esters is 3. The summed E-state index contributed by atoms with van der Waals surface area (Å²) in [4.78, 5) is 48.7. The molecule has 0 amide bonds. The van der Waals surface area contributed by atoms with E-state index >= 15 is 0 Å². The molecule has 0 radical (unpaired) electrons. The van der Waals surface area contributed by atoms with Gasteiger partial charge in [-0.2, -0.15) is 0 Å². The van der Waals surface area contributed by atoms with Crippen molar-refractivity contribution >= 4 is 25.7 Å². The first-order valence-electron chi connectivity index (χ1n) is 31.1. The Morgan fingerprint density at radius 3 is 1.07 bits per heavy atom. The van der Waals surface area contributed by atoms with Crippen LogP contribution in [0, 0.1) is 0 Å². The number of phosphoric acid groups is 1. The van der Waals surface area contributed by atoms with Crippen molar-refractivity contribution < 1.29 is 52.2 Å². The highest BCUT2D eigenvalue weighted by Gasteiger charge is 2.28. The van der Waals surface area contributed by atoms with Crippen molar-refractivity contribution in [3.8, 4) is 0 Å². The van der Waals surface area contributed by atoms with Crippen molar-refractivity contribution in [2.75, 3.05) is 26.4 Å². The third-order valence-corrected chi connectivity index (χ3v) is 13.5. The molecule has 0 saturated carbocycles. The average molecular weight is 1140 g/mol. The van der Waals surface area contributed by atoms with Gasteiger partial charge in [-0.25, -0.2) is 4.57 Å². The zero-order chi connectivity index (χ0) is 58.3. The second kappa shape index (κ2) is 60.7. The van der Waals surface area contributed by atoms with Gasteiger partial charge in [-0.3, -0.25) is 23.4 Å². The van der Waals surface area contributed by atoms with Crippen molar-refractivity contribution in [1.82, 2.24) is 0 Å². The Morgan fingerprint density at radius 1 is 0.362 bits per heavy atom. The summed E-state index contributed by atoms with van der Waals surface area (Å²) in [6.07, 6.45) is 77.0. The maximum Gasteiger partial charge on any atom is 0.472 e. The summed E-state index contributed by atoms with van der Waals surface area (Å²) in [5.74, 6) is -1.61. The highest BCUT2D eigenvalue weighted by molar-refractivity contribution is 7.47. The van der Waals surface area contributed by atoms with E-state index in [9.17, 15) is 28.9 Å². The van der Waals surface area contributed by atoms with Crippen molar-refractivity contribution in [1.29, 1.82) is 0 Å². The SMILES string of the molecule is CC/C=C\C/C=C\C/C=C\C/C=C\C/C=C\C/C=C\CCC(=O)OC(COC(=O)CCCCCCCCCCCCCCCCC)COP(=O)(O)OCC(CO)OC(=O)CCCCC/C=C\C/C=C\C/C=C\C/C=C\C/C=C\CC. The van der Waals surface area contributed by atoms with Crippen LogP contribution in [0.2, 0.25) is 0 Å². The summed E-state index contributed by atoms with van der Waals surface area (Å²) in [7, 11) is -4.79. The number of carbonyl (C=O) groups excluding carboxylic acids is 3. The summed E-state index contributed by atoms with van der Waals surface area (Å²) >= 11 is 0. The van der Waals surface area contributed by atoms with Crippen LogP contribution in [0.5, 0.6) is 0 Å². The molecule has 0 aromatic rings. The molecule has 454 valence electrons. The molecule has 0 saturated heterocycles. The summed E-state index contributed by atoms with van der Waals surface area (Å²) in [6, 6.07) is 0. The zero-order valence-corrected chi connectivity index (χ0v) is 51.1. The van der Waals surface area contributed by atoms with Crippen LogP contribution in [0.25, 0.3) is 0 Å². The Labute approximate surface area is 487 Å². The van der Waals surface area contributed by atoms with E-state index in [2.05, 4.69) is 142 Å². The van der Waals surface area contributed by atoms with E-state index < -0.39 is 57.8 Å². The van der Waals surface area contributed by atoms with Gasteiger partial charge in [0.25, 0.3) is 0 Å². The number of carbonyl (C=O) groups is 3. The minimum Gasteiger partial charge on any atom is -0.462 e. The number of hydrogen-bond donors (Lipinski definition) is 2. The maximum atomic E-state index is 12.9. The standard InChI is InChI=1S/C68H111O11P/c1-4-7-10-13-16-19-22-25-28-30-32-34-37-40-43-46-49-52-55-58-67(71)78-64(60-69)62-76-80(73,74)77-63-65(61-75-66(70)57-54-51-48-45-42-39-36-27-24-21-18-15-12-9-6-3)79-68(72)59-56-53-50-47-44-41-38-35-33-31-29-26-23-20-17-14-11-8-5-2/h7-8,10-11,16-17,19-20,25-26,28-29,32-35,40-41,43-44,50,53,64-65,69H,4-6,9,12-15,18,21-24,27,30-31,36-39,42,45-49,51-52,54-63H2,1-3H3,(H,73,74)/b10-7-,11-8-,19-16-,20-17-,28-25-,29-26-,34-32-,35-33-,43-40-,44-41-,53-50-. The minimum atomic E-state index is -4.79. The molecule has 3 atom stereocenters. The van der Waals surface area contributed by atoms with Gasteiger partial charge >= 0.3 is 25.7 Å². The molecular weight excluding hydrogens is 1020 g/mol. The first kappa shape index (κ1) is 75.6. The summed E-state index contributed by atoms with van der Waals surface area (Å²) in [5.41, 5.74) is 0. The molecule has 3 unspecified atom stereocenters. The number of aliphatic hydroxyl groups is 1. The lowest BCUT2D eigenvalue weighted by atomic mass is 10.0. The van der Waals surface area contributed by atoms with Crippen molar-refractivity contribution in [2.24, 2.45) is 0 Å². The predicted octanol–water partition coefficient (Wildman–Crippen LogP) is 18.9. The third kappa shape index (κ3) is 58.3. The van der Waals surface area contributed by atoms with Gasteiger partial charge in [0, 0.05) is 19.3 Å². The number of aliphatic hydroxyl groups excluding tert-OH is 1. The Kier molecular flexibility index (Phi) is 57.4. The van der Waals surface area contributed by atoms with E-state index in [4.69, 9.17) is 23.3 Å². The van der Waals surface area contributed by atoms with Crippen LogP contribution in [-0.2, 0) is 42.2 Å². The molecule has 0 aliphatic carbocycles.